The molecule has 0 saturated heterocycles. The monoisotopic (exact) mass is 175 g/mol. The molecule has 0 unspecified atom stereocenters. The van der Waals surface area contributed by atoms with E-state index in [1.165, 1.54) is 0 Å². The summed E-state index contributed by atoms with van der Waals surface area (Å²) in [7, 11) is 0. The van der Waals surface area contributed by atoms with Gasteiger partial charge >= 0.3 is 0 Å². The van der Waals surface area contributed by atoms with Gasteiger partial charge in [0.2, 0.25) is 0 Å². The quantitative estimate of drug-likeness (QED) is 0.369. The number of hydrogen-bond acceptors (Lipinski definition) is 2. The van der Waals surface area contributed by atoms with Crippen molar-refractivity contribution in [2.45, 2.75) is 13.8 Å². The van der Waals surface area contributed by atoms with Gasteiger partial charge in [0.05, 0.1) is 0 Å². The van der Waals surface area contributed by atoms with Crippen molar-refractivity contribution in [2.75, 3.05) is 0 Å². The molecule has 0 amide bonds. The molecule has 2 nitrogen and oxygen atoms in total. The maximum atomic E-state index is 2.77. The second-order valence-electron chi connectivity index (χ2n) is 0.866. The average molecular weight is 175 g/mol. The van der Waals surface area contributed by atoms with Gasteiger partial charge in [-0.15, -0.1) is 0 Å². The van der Waals surface area contributed by atoms with Gasteiger partial charge in [-0.2, -0.15) is 13.8 Å². The molecule has 0 aromatic carbocycles. The molecule has 0 aromatic rings. The molecule has 0 aliphatic rings. The standard InChI is InChI=1S/C4H10N2.Y/c1-3-5-6-4-2;/h3-6H,1-2H3;/q-2;. The third-order valence-corrected chi connectivity index (χ3v) is 0.372. The molecule has 0 fully saturated rings. The molecule has 0 aromatic heterocycles. The molecule has 0 atom stereocenters. The normalized spacial score (nSPS) is 7.71. The van der Waals surface area contributed by atoms with Gasteiger partial charge < -0.3 is 10.9 Å². The topological polar surface area (TPSA) is 24.1 Å². The SMILES string of the molecule is C[CH-]NN[CH-]C.[Y]. The Morgan fingerprint density at radius 1 is 1.00 bits per heavy atom. The van der Waals surface area contributed by atoms with Gasteiger partial charge in [-0.05, 0) is 0 Å². The van der Waals surface area contributed by atoms with Gasteiger partial charge in [-0.3, -0.25) is 13.1 Å². The molecule has 0 heterocycles. The largest absolute Gasteiger partial charge is 0.438 e. The van der Waals surface area contributed by atoms with E-state index in [1.54, 1.807) is 0 Å². The Kier molecular flexibility index (Phi) is 15.7. The number of hydrogen-bond donors (Lipinski definition) is 2. The summed E-state index contributed by atoms with van der Waals surface area (Å²) >= 11 is 0. The van der Waals surface area contributed by atoms with Crippen molar-refractivity contribution < 1.29 is 32.7 Å². The van der Waals surface area contributed by atoms with Crippen LogP contribution in [0.5, 0.6) is 0 Å². The molecule has 0 saturated carbocycles. The van der Waals surface area contributed by atoms with Crippen LogP contribution >= 0.6 is 0 Å². The van der Waals surface area contributed by atoms with Crippen LogP contribution in [0.3, 0.4) is 0 Å². The van der Waals surface area contributed by atoms with E-state index in [4.69, 9.17) is 0 Å². The summed E-state index contributed by atoms with van der Waals surface area (Å²) in [6, 6.07) is 0. The van der Waals surface area contributed by atoms with E-state index in [2.05, 4.69) is 10.9 Å². The summed E-state index contributed by atoms with van der Waals surface area (Å²) in [6.45, 7) is 7.47. The fraction of sp³-hybridized carbons (Fsp3) is 0.500. The first kappa shape index (κ1) is 10.9. The summed E-state index contributed by atoms with van der Waals surface area (Å²) in [4.78, 5) is 0. The maximum Gasteiger partial charge on any atom is 0 e. The van der Waals surface area contributed by atoms with E-state index < -0.39 is 0 Å². The average Bonchev–Trinajstić information content (AvgIpc) is 1.61. The van der Waals surface area contributed by atoms with Crippen molar-refractivity contribution in [3.63, 3.8) is 0 Å². The van der Waals surface area contributed by atoms with E-state index in [0.29, 0.717) is 0 Å². The molecule has 2 N–H and O–H groups in total. The molecular weight excluding hydrogens is 165 g/mol. The van der Waals surface area contributed by atoms with Crippen molar-refractivity contribution >= 4 is 0 Å². The zero-order chi connectivity index (χ0) is 4.83. The molecular formula is C4H10N2Y-2. The Balaban J connectivity index is 0. The molecule has 0 aliphatic heterocycles. The third-order valence-electron chi connectivity index (χ3n) is 0.372. The first-order valence-corrected chi connectivity index (χ1v) is 1.98. The van der Waals surface area contributed by atoms with Gasteiger partial charge in [0.25, 0.3) is 0 Å². The van der Waals surface area contributed by atoms with Crippen LogP contribution in [-0.4, -0.2) is 0 Å². The maximum absolute atomic E-state index is 2.77. The molecule has 41 valence electrons. The van der Waals surface area contributed by atoms with Crippen molar-refractivity contribution in [2.24, 2.45) is 0 Å². The van der Waals surface area contributed by atoms with Crippen molar-refractivity contribution in [3.05, 3.63) is 13.1 Å². The van der Waals surface area contributed by atoms with Crippen LogP contribution in [-0.2, 0) is 32.7 Å². The second-order valence-corrected chi connectivity index (χ2v) is 0.866. The van der Waals surface area contributed by atoms with E-state index in [0.717, 1.165) is 0 Å². The van der Waals surface area contributed by atoms with Gasteiger partial charge in [0.15, 0.2) is 0 Å². The van der Waals surface area contributed by atoms with Gasteiger partial charge in [-0.25, -0.2) is 0 Å². The minimum Gasteiger partial charge on any atom is -0.438 e. The van der Waals surface area contributed by atoms with Crippen LogP contribution in [0.1, 0.15) is 13.8 Å². The summed E-state index contributed by atoms with van der Waals surface area (Å²) in [5, 5.41) is 0. The molecule has 0 bridgehead atoms. The van der Waals surface area contributed by atoms with E-state index in [1.807, 2.05) is 26.9 Å². The van der Waals surface area contributed by atoms with Crippen LogP contribution in [0, 0.1) is 13.1 Å². The van der Waals surface area contributed by atoms with Crippen LogP contribution in [0.4, 0.5) is 0 Å². The fourth-order valence-electron chi connectivity index (χ4n) is 0.167. The molecule has 7 heavy (non-hydrogen) atoms. The molecule has 0 aliphatic carbocycles. The number of hydrazine groups is 1. The Hall–Kier alpha value is 1.02. The molecule has 3 heteroatoms. The number of nitrogens with one attached hydrogen (secondary N) is 2. The summed E-state index contributed by atoms with van der Waals surface area (Å²) in [6.07, 6.45) is 0. The Morgan fingerprint density at radius 3 is 1.43 bits per heavy atom. The Labute approximate surface area is 70.3 Å². The van der Waals surface area contributed by atoms with Crippen LogP contribution in [0.15, 0.2) is 0 Å². The second kappa shape index (κ2) is 10.1. The summed E-state index contributed by atoms with van der Waals surface area (Å²) < 4.78 is 0. The zero-order valence-electron chi connectivity index (χ0n) is 4.73. The predicted octanol–water partition coefficient (Wildman–Crippen LogP) is 0.441. The van der Waals surface area contributed by atoms with E-state index in [-0.39, 0.29) is 32.7 Å². The fourth-order valence-corrected chi connectivity index (χ4v) is 0.167. The van der Waals surface area contributed by atoms with Crippen LogP contribution < -0.4 is 10.9 Å². The van der Waals surface area contributed by atoms with Crippen molar-refractivity contribution in [3.8, 4) is 0 Å². The Morgan fingerprint density at radius 2 is 1.29 bits per heavy atom. The first-order chi connectivity index (χ1) is 2.91. The molecule has 1 radical (unpaired) electrons. The van der Waals surface area contributed by atoms with Crippen LogP contribution in [0.25, 0.3) is 0 Å². The Bertz CT molecular complexity index is 21.7. The van der Waals surface area contributed by atoms with E-state index >= 15 is 0 Å². The summed E-state index contributed by atoms with van der Waals surface area (Å²) in [5.41, 5.74) is 5.53. The molecule has 0 spiro atoms. The van der Waals surface area contributed by atoms with Gasteiger partial charge in [0, 0.05) is 32.7 Å². The minimum atomic E-state index is 0. The smallest absolute Gasteiger partial charge is 0 e. The zero-order valence-corrected chi connectivity index (χ0v) is 7.57. The predicted molar refractivity (Wildman–Crippen MR) is 26.2 cm³/mol. The van der Waals surface area contributed by atoms with Gasteiger partial charge in [-0.1, -0.05) is 0 Å². The van der Waals surface area contributed by atoms with Crippen LogP contribution in [0.2, 0.25) is 0 Å². The third kappa shape index (κ3) is 10.9. The summed E-state index contributed by atoms with van der Waals surface area (Å²) in [5.74, 6) is 0. The first-order valence-electron chi connectivity index (χ1n) is 1.98. The van der Waals surface area contributed by atoms with Crippen molar-refractivity contribution in [1.29, 1.82) is 0 Å². The van der Waals surface area contributed by atoms with E-state index in [9.17, 15) is 0 Å². The molecule has 0 rings (SSSR count). The number of rotatable bonds is 3. The van der Waals surface area contributed by atoms with Gasteiger partial charge in [0.1, 0.15) is 0 Å². The van der Waals surface area contributed by atoms with Crippen molar-refractivity contribution in [1.82, 2.24) is 10.9 Å². The minimum absolute atomic E-state index is 0.